The third kappa shape index (κ3) is 3.36. The molecule has 0 spiro atoms. The summed E-state index contributed by atoms with van der Waals surface area (Å²) in [6, 6.07) is 0. The summed E-state index contributed by atoms with van der Waals surface area (Å²) in [5.41, 5.74) is 5.92. The predicted octanol–water partition coefficient (Wildman–Crippen LogP) is 2.26. The molecule has 1 aliphatic rings. The Morgan fingerprint density at radius 3 is 2.53 bits per heavy atom. The van der Waals surface area contributed by atoms with Gasteiger partial charge in [-0.3, -0.25) is 0 Å². The minimum atomic E-state index is -0.192. The smallest absolute Gasteiger partial charge is 0.0616 e. The molecular formula is C12H25NOS. The second-order valence-electron chi connectivity index (χ2n) is 5.05. The number of thioether (sulfide) groups is 1. The molecule has 0 aliphatic heterocycles. The van der Waals surface area contributed by atoms with E-state index in [4.69, 9.17) is 5.73 Å². The molecule has 0 radical (unpaired) electrons. The molecule has 1 unspecified atom stereocenters. The van der Waals surface area contributed by atoms with Gasteiger partial charge >= 0.3 is 0 Å². The molecule has 90 valence electrons. The number of aliphatic hydroxyl groups is 1. The van der Waals surface area contributed by atoms with E-state index in [1.165, 1.54) is 12.8 Å². The first kappa shape index (κ1) is 13.3. The molecule has 0 saturated heterocycles. The minimum Gasteiger partial charge on any atom is -0.392 e. The molecule has 1 fully saturated rings. The summed E-state index contributed by atoms with van der Waals surface area (Å²) in [6.45, 7) is 2.95. The van der Waals surface area contributed by atoms with Crippen LogP contribution in [-0.2, 0) is 0 Å². The van der Waals surface area contributed by atoms with Crippen molar-refractivity contribution < 1.29 is 5.11 Å². The average molecular weight is 231 g/mol. The summed E-state index contributed by atoms with van der Waals surface area (Å²) in [6.07, 6.45) is 7.47. The van der Waals surface area contributed by atoms with Gasteiger partial charge in [-0.05, 0) is 37.2 Å². The standard InChI is InChI=1S/C12H25NOS/c1-10-3-6-12(9-13,7-4-10)11(14)5-8-15-2/h10-11,14H,3-9,13H2,1-2H3. The topological polar surface area (TPSA) is 46.2 Å². The van der Waals surface area contributed by atoms with E-state index in [0.29, 0.717) is 6.54 Å². The van der Waals surface area contributed by atoms with Crippen molar-refractivity contribution in [2.45, 2.75) is 45.1 Å². The molecule has 0 aromatic heterocycles. The minimum absolute atomic E-state index is 0.0300. The monoisotopic (exact) mass is 231 g/mol. The van der Waals surface area contributed by atoms with Crippen LogP contribution in [0.2, 0.25) is 0 Å². The van der Waals surface area contributed by atoms with Crippen LogP contribution < -0.4 is 5.73 Å². The molecule has 15 heavy (non-hydrogen) atoms. The summed E-state index contributed by atoms with van der Waals surface area (Å²) in [4.78, 5) is 0. The Kier molecular flexibility index (Phi) is 5.44. The van der Waals surface area contributed by atoms with Crippen molar-refractivity contribution >= 4 is 11.8 Å². The van der Waals surface area contributed by atoms with Crippen LogP contribution in [0.4, 0.5) is 0 Å². The van der Waals surface area contributed by atoms with Gasteiger partial charge in [-0.25, -0.2) is 0 Å². The molecule has 1 rings (SSSR count). The van der Waals surface area contributed by atoms with Gasteiger partial charge in [-0.15, -0.1) is 0 Å². The predicted molar refractivity (Wildman–Crippen MR) is 68.1 cm³/mol. The van der Waals surface area contributed by atoms with Gasteiger partial charge in [-0.1, -0.05) is 19.8 Å². The Balaban J connectivity index is 2.51. The Bertz CT molecular complexity index is 178. The maximum atomic E-state index is 10.2. The van der Waals surface area contributed by atoms with E-state index >= 15 is 0 Å². The van der Waals surface area contributed by atoms with Crippen LogP contribution in [0.1, 0.15) is 39.0 Å². The zero-order valence-electron chi connectivity index (χ0n) is 10.0. The largest absolute Gasteiger partial charge is 0.392 e. The fraction of sp³-hybridized carbons (Fsp3) is 1.00. The van der Waals surface area contributed by atoms with Gasteiger partial charge < -0.3 is 10.8 Å². The van der Waals surface area contributed by atoms with Crippen LogP contribution in [0.15, 0.2) is 0 Å². The summed E-state index contributed by atoms with van der Waals surface area (Å²) in [7, 11) is 0. The van der Waals surface area contributed by atoms with Crippen molar-refractivity contribution in [2.24, 2.45) is 17.1 Å². The van der Waals surface area contributed by atoms with Crippen molar-refractivity contribution in [3.63, 3.8) is 0 Å². The Morgan fingerprint density at radius 2 is 2.07 bits per heavy atom. The van der Waals surface area contributed by atoms with E-state index in [1.807, 2.05) is 0 Å². The Labute approximate surface area is 98.0 Å². The van der Waals surface area contributed by atoms with Crippen LogP contribution >= 0.6 is 11.8 Å². The maximum absolute atomic E-state index is 10.2. The van der Waals surface area contributed by atoms with Gasteiger partial charge in [-0.2, -0.15) is 11.8 Å². The number of hydrogen-bond acceptors (Lipinski definition) is 3. The third-order valence-electron chi connectivity index (χ3n) is 3.98. The molecular weight excluding hydrogens is 206 g/mol. The highest BCUT2D eigenvalue weighted by atomic mass is 32.2. The van der Waals surface area contributed by atoms with Gasteiger partial charge in [0.25, 0.3) is 0 Å². The molecule has 0 amide bonds. The number of aliphatic hydroxyl groups excluding tert-OH is 1. The highest BCUT2D eigenvalue weighted by Crippen LogP contribution is 2.41. The highest BCUT2D eigenvalue weighted by Gasteiger charge is 2.38. The van der Waals surface area contributed by atoms with Crippen molar-refractivity contribution in [2.75, 3.05) is 18.6 Å². The zero-order valence-corrected chi connectivity index (χ0v) is 10.9. The van der Waals surface area contributed by atoms with Crippen LogP contribution in [-0.4, -0.2) is 29.8 Å². The van der Waals surface area contributed by atoms with E-state index in [2.05, 4.69) is 13.2 Å². The number of nitrogens with two attached hydrogens (primary N) is 1. The molecule has 2 nitrogen and oxygen atoms in total. The first-order valence-electron chi connectivity index (χ1n) is 6.01. The second-order valence-corrected chi connectivity index (χ2v) is 6.03. The zero-order chi connectivity index (χ0) is 11.3. The first-order chi connectivity index (χ1) is 7.14. The van der Waals surface area contributed by atoms with E-state index in [1.54, 1.807) is 11.8 Å². The molecule has 0 bridgehead atoms. The van der Waals surface area contributed by atoms with Gasteiger partial charge in [0.1, 0.15) is 0 Å². The SMILES string of the molecule is CSCCC(O)C1(CN)CCC(C)CC1. The van der Waals surface area contributed by atoms with Gasteiger partial charge in [0, 0.05) is 12.0 Å². The lowest BCUT2D eigenvalue weighted by Crippen LogP contribution is -2.44. The van der Waals surface area contributed by atoms with E-state index < -0.39 is 0 Å². The normalized spacial score (nSPS) is 34.0. The fourth-order valence-corrected chi connectivity index (χ4v) is 3.01. The van der Waals surface area contributed by atoms with Crippen molar-refractivity contribution in [1.82, 2.24) is 0 Å². The summed E-state index contributed by atoms with van der Waals surface area (Å²) in [5.74, 6) is 1.86. The van der Waals surface area contributed by atoms with Crippen LogP contribution in [0.5, 0.6) is 0 Å². The number of hydrogen-bond donors (Lipinski definition) is 2. The third-order valence-corrected chi connectivity index (χ3v) is 4.62. The molecule has 3 heteroatoms. The van der Waals surface area contributed by atoms with Crippen molar-refractivity contribution in [3.8, 4) is 0 Å². The fourth-order valence-electron chi connectivity index (χ4n) is 2.55. The average Bonchev–Trinajstić information content (AvgIpc) is 2.27. The maximum Gasteiger partial charge on any atom is 0.0616 e. The quantitative estimate of drug-likeness (QED) is 0.763. The lowest BCUT2D eigenvalue weighted by molar-refractivity contribution is -0.00754. The molecule has 0 aromatic carbocycles. The van der Waals surface area contributed by atoms with E-state index in [0.717, 1.165) is 30.9 Å². The van der Waals surface area contributed by atoms with E-state index in [-0.39, 0.29) is 11.5 Å². The van der Waals surface area contributed by atoms with Gasteiger partial charge in [0.05, 0.1) is 6.10 Å². The lowest BCUT2D eigenvalue weighted by Gasteiger charge is -2.42. The molecule has 1 saturated carbocycles. The van der Waals surface area contributed by atoms with Gasteiger partial charge in [0.2, 0.25) is 0 Å². The lowest BCUT2D eigenvalue weighted by atomic mass is 9.67. The van der Waals surface area contributed by atoms with E-state index in [9.17, 15) is 5.11 Å². The second kappa shape index (κ2) is 6.12. The first-order valence-corrected chi connectivity index (χ1v) is 7.41. The molecule has 1 atom stereocenters. The summed E-state index contributed by atoms with van der Waals surface area (Å²) < 4.78 is 0. The van der Waals surface area contributed by atoms with Gasteiger partial charge in [0.15, 0.2) is 0 Å². The molecule has 0 heterocycles. The highest BCUT2D eigenvalue weighted by molar-refractivity contribution is 7.98. The van der Waals surface area contributed by atoms with Crippen LogP contribution in [0, 0.1) is 11.3 Å². The molecule has 3 N–H and O–H groups in total. The van der Waals surface area contributed by atoms with Crippen molar-refractivity contribution in [3.05, 3.63) is 0 Å². The molecule has 1 aliphatic carbocycles. The summed E-state index contributed by atoms with van der Waals surface area (Å²) in [5, 5.41) is 10.2. The van der Waals surface area contributed by atoms with Crippen molar-refractivity contribution in [1.29, 1.82) is 0 Å². The Hall–Kier alpha value is 0.270. The molecule has 0 aromatic rings. The number of rotatable bonds is 5. The Morgan fingerprint density at radius 1 is 1.47 bits per heavy atom. The van der Waals surface area contributed by atoms with Crippen LogP contribution in [0.3, 0.4) is 0 Å². The van der Waals surface area contributed by atoms with Crippen LogP contribution in [0.25, 0.3) is 0 Å². The summed E-state index contributed by atoms with van der Waals surface area (Å²) >= 11 is 1.80.